The lowest BCUT2D eigenvalue weighted by atomic mass is 9.80. The van der Waals surface area contributed by atoms with Gasteiger partial charge in [-0.1, -0.05) is 6.07 Å². The predicted octanol–water partition coefficient (Wildman–Crippen LogP) is 3.01. The van der Waals surface area contributed by atoms with Crippen LogP contribution in [0, 0.1) is 9.39 Å². The molecule has 1 aliphatic rings. The maximum atomic E-state index is 13.6. The van der Waals surface area contributed by atoms with E-state index in [4.69, 9.17) is 9.47 Å². The van der Waals surface area contributed by atoms with Crippen LogP contribution in [0.5, 0.6) is 0 Å². The van der Waals surface area contributed by atoms with Crippen LogP contribution in [0.4, 0.5) is 4.39 Å². The van der Waals surface area contributed by atoms with Crippen LogP contribution in [0.2, 0.25) is 0 Å². The average Bonchev–Trinajstić information content (AvgIpc) is 2.55. The monoisotopic (exact) mass is 445 g/mol. The zero-order valence-corrected chi connectivity index (χ0v) is 15.9. The third kappa shape index (κ3) is 3.31. The highest BCUT2D eigenvalue weighted by Gasteiger charge is 2.37. The van der Waals surface area contributed by atoms with Crippen LogP contribution in [0.25, 0.3) is 0 Å². The maximum absolute atomic E-state index is 13.6. The van der Waals surface area contributed by atoms with Gasteiger partial charge in [-0.15, -0.1) is 0 Å². The fourth-order valence-corrected chi connectivity index (χ4v) is 3.32. The minimum Gasteiger partial charge on any atom is -0.466 e. The molecule has 0 atom stereocenters. The van der Waals surface area contributed by atoms with E-state index < -0.39 is 17.9 Å². The van der Waals surface area contributed by atoms with Crippen molar-refractivity contribution in [3.63, 3.8) is 0 Å². The van der Waals surface area contributed by atoms with Crippen LogP contribution < -0.4 is 5.32 Å². The highest BCUT2D eigenvalue weighted by atomic mass is 127. The van der Waals surface area contributed by atoms with E-state index in [-0.39, 0.29) is 5.82 Å². The van der Waals surface area contributed by atoms with Crippen molar-refractivity contribution in [2.45, 2.75) is 19.8 Å². The van der Waals surface area contributed by atoms with Gasteiger partial charge in [-0.05, 0) is 54.1 Å². The van der Waals surface area contributed by atoms with Crippen molar-refractivity contribution in [3.05, 3.63) is 55.7 Å². The van der Waals surface area contributed by atoms with Gasteiger partial charge in [0.2, 0.25) is 0 Å². The molecule has 24 heavy (non-hydrogen) atoms. The highest BCUT2D eigenvalue weighted by molar-refractivity contribution is 14.1. The number of esters is 2. The summed E-state index contributed by atoms with van der Waals surface area (Å²) < 4.78 is 23.8. The molecule has 0 amide bonds. The van der Waals surface area contributed by atoms with Crippen molar-refractivity contribution in [1.82, 2.24) is 5.32 Å². The van der Waals surface area contributed by atoms with Crippen molar-refractivity contribution in [2.24, 2.45) is 0 Å². The Kier molecular flexibility index (Phi) is 5.63. The number of carbonyl (C=O) groups is 2. The van der Waals surface area contributed by atoms with Crippen LogP contribution in [-0.2, 0) is 19.1 Å². The van der Waals surface area contributed by atoms with Gasteiger partial charge in [-0.25, -0.2) is 14.0 Å². The van der Waals surface area contributed by atoms with E-state index in [0.29, 0.717) is 31.7 Å². The second kappa shape index (κ2) is 7.33. The third-order valence-electron chi connectivity index (χ3n) is 3.85. The van der Waals surface area contributed by atoms with E-state index in [0.717, 1.165) is 0 Å². The number of nitrogens with one attached hydrogen (secondary N) is 1. The van der Waals surface area contributed by atoms with Gasteiger partial charge in [0.25, 0.3) is 0 Å². The lowest BCUT2D eigenvalue weighted by Crippen LogP contribution is -2.32. The Labute approximate surface area is 153 Å². The van der Waals surface area contributed by atoms with Crippen molar-refractivity contribution >= 4 is 34.5 Å². The summed E-state index contributed by atoms with van der Waals surface area (Å²) >= 11 is 1.87. The molecule has 0 aliphatic carbocycles. The standard InChI is InChI=1S/C17H17FINO4/c1-8-13(16(21)23-3)15(10-5-6-11(18)12(19)7-10)14(9(2)20-8)17(22)24-4/h5-7,15,20H,1-4H3. The number of ether oxygens (including phenoxy) is 2. The van der Waals surface area contributed by atoms with Gasteiger partial charge in [0.15, 0.2) is 0 Å². The Morgan fingerprint density at radius 2 is 1.58 bits per heavy atom. The number of methoxy groups -OCH3 is 2. The van der Waals surface area contributed by atoms with Crippen molar-refractivity contribution in [3.8, 4) is 0 Å². The van der Waals surface area contributed by atoms with Gasteiger partial charge in [-0.2, -0.15) is 0 Å². The predicted molar refractivity (Wildman–Crippen MR) is 94.4 cm³/mol. The zero-order valence-electron chi connectivity index (χ0n) is 13.7. The molecule has 0 saturated heterocycles. The summed E-state index contributed by atoms with van der Waals surface area (Å²) in [5.41, 5.74) is 2.37. The number of carbonyl (C=O) groups excluding carboxylic acids is 2. The van der Waals surface area contributed by atoms with Gasteiger partial charge in [-0.3, -0.25) is 0 Å². The minimum absolute atomic E-state index is 0.297. The normalized spacial score (nSPS) is 15.2. The lowest BCUT2D eigenvalue weighted by Gasteiger charge is -2.30. The molecular weight excluding hydrogens is 428 g/mol. The molecule has 0 fully saturated rings. The van der Waals surface area contributed by atoms with Gasteiger partial charge in [0, 0.05) is 15.0 Å². The van der Waals surface area contributed by atoms with Crippen LogP contribution >= 0.6 is 22.6 Å². The molecule has 0 aromatic heterocycles. The number of dihydropyridines is 1. The van der Waals surface area contributed by atoms with E-state index in [1.54, 1.807) is 26.0 Å². The molecule has 5 nitrogen and oxygen atoms in total. The van der Waals surface area contributed by atoms with E-state index in [1.807, 2.05) is 22.6 Å². The Balaban J connectivity index is 2.71. The van der Waals surface area contributed by atoms with E-state index in [2.05, 4.69) is 5.32 Å². The van der Waals surface area contributed by atoms with E-state index >= 15 is 0 Å². The Hall–Kier alpha value is -1.90. The second-order valence-electron chi connectivity index (χ2n) is 5.29. The molecule has 128 valence electrons. The molecule has 0 spiro atoms. The Morgan fingerprint density at radius 1 is 1.08 bits per heavy atom. The lowest BCUT2D eigenvalue weighted by molar-refractivity contribution is -0.137. The first-order valence-electron chi connectivity index (χ1n) is 7.12. The average molecular weight is 445 g/mol. The van der Waals surface area contributed by atoms with Crippen LogP contribution in [0.15, 0.2) is 40.7 Å². The number of benzene rings is 1. The second-order valence-corrected chi connectivity index (χ2v) is 6.45. The summed E-state index contributed by atoms with van der Waals surface area (Å²) in [4.78, 5) is 24.6. The van der Waals surface area contributed by atoms with Crippen molar-refractivity contribution < 1.29 is 23.5 Å². The molecule has 1 N–H and O–H groups in total. The molecular formula is C17H17FINO4. The first kappa shape index (κ1) is 18.4. The summed E-state index contributed by atoms with van der Waals surface area (Å²) in [5, 5.41) is 3.02. The first-order chi connectivity index (χ1) is 11.3. The van der Waals surface area contributed by atoms with Crippen LogP contribution in [0.3, 0.4) is 0 Å². The number of halogens is 2. The smallest absolute Gasteiger partial charge is 0.336 e. The molecule has 7 heteroatoms. The quantitative estimate of drug-likeness (QED) is 0.573. The first-order valence-corrected chi connectivity index (χ1v) is 8.19. The summed E-state index contributed by atoms with van der Waals surface area (Å²) in [6.07, 6.45) is 0. The maximum Gasteiger partial charge on any atom is 0.336 e. The third-order valence-corrected chi connectivity index (χ3v) is 4.67. The largest absolute Gasteiger partial charge is 0.466 e. The van der Waals surface area contributed by atoms with Crippen molar-refractivity contribution in [1.29, 1.82) is 0 Å². The molecule has 1 aliphatic heterocycles. The number of rotatable bonds is 3. The van der Waals surface area contributed by atoms with Crippen LogP contribution in [-0.4, -0.2) is 26.2 Å². The highest BCUT2D eigenvalue weighted by Crippen LogP contribution is 2.39. The zero-order chi connectivity index (χ0) is 18.0. The fraction of sp³-hybridized carbons (Fsp3) is 0.294. The Morgan fingerprint density at radius 3 is 2.00 bits per heavy atom. The number of hydrogen-bond donors (Lipinski definition) is 1. The van der Waals surface area contributed by atoms with Crippen molar-refractivity contribution in [2.75, 3.05) is 14.2 Å². The topological polar surface area (TPSA) is 64.6 Å². The number of hydrogen-bond acceptors (Lipinski definition) is 5. The summed E-state index contributed by atoms with van der Waals surface area (Å²) in [7, 11) is 2.55. The van der Waals surface area contributed by atoms with Gasteiger partial charge < -0.3 is 14.8 Å². The minimum atomic E-state index is -0.694. The Bertz CT molecular complexity index is 732. The molecule has 0 radical (unpaired) electrons. The molecule has 1 aromatic rings. The van der Waals surface area contributed by atoms with Gasteiger partial charge >= 0.3 is 11.9 Å². The summed E-state index contributed by atoms with van der Waals surface area (Å²) in [5.74, 6) is -2.18. The molecule has 1 aromatic carbocycles. The molecule has 0 bridgehead atoms. The van der Waals surface area contributed by atoms with E-state index in [9.17, 15) is 14.0 Å². The van der Waals surface area contributed by atoms with Crippen LogP contribution in [0.1, 0.15) is 25.3 Å². The van der Waals surface area contributed by atoms with Gasteiger partial charge in [0.05, 0.1) is 31.3 Å². The molecule has 0 unspecified atom stereocenters. The van der Waals surface area contributed by atoms with Gasteiger partial charge in [0.1, 0.15) is 5.82 Å². The molecule has 1 heterocycles. The fourth-order valence-electron chi connectivity index (χ4n) is 2.78. The SMILES string of the molecule is COC(=O)C1=C(C)NC(C)=C(C(=O)OC)C1c1ccc(F)c(I)c1. The van der Waals surface area contributed by atoms with E-state index in [1.165, 1.54) is 20.3 Å². The number of allylic oxidation sites excluding steroid dienone is 2. The summed E-state index contributed by atoms with van der Waals surface area (Å²) in [6, 6.07) is 4.48. The molecule has 0 saturated carbocycles. The molecule has 2 rings (SSSR count). The summed E-state index contributed by atoms with van der Waals surface area (Å²) in [6.45, 7) is 3.45.